The molecule has 1 saturated heterocycles. The second kappa shape index (κ2) is 7.61. The van der Waals surface area contributed by atoms with E-state index in [2.05, 4.69) is 16.3 Å². The fourth-order valence-electron chi connectivity index (χ4n) is 3.36. The summed E-state index contributed by atoms with van der Waals surface area (Å²) in [4.78, 5) is 3.43. The number of nitrogens with one attached hydrogen (secondary N) is 1. The van der Waals surface area contributed by atoms with Crippen molar-refractivity contribution in [3.05, 3.63) is 29.6 Å². The van der Waals surface area contributed by atoms with Gasteiger partial charge in [-0.2, -0.15) is 0 Å². The molecule has 1 N–H and O–H groups in total. The highest BCUT2D eigenvalue weighted by molar-refractivity contribution is 7.99. The van der Waals surface area contributed by atoms with E-state index in [9.17, 15) is 4.39 Å². The Morgan fingerprint density at radius 2 is 2.00 bits per heavy atom. The highest BCUT2D eigenvalue weighted by Crippen LogP contribution is 2.37. The molecule has 1 atom stereocenters. The molecule has 1 fully saturated rings. The number of halogens is 1. The molecule has 2 aliphatic rings. The molecule has 0 saturated carbocycles. The molecule has 1 aromatic rings. The van der Waals surface area contributed by atoms with Gasteiger partial charge in [-0.25, -0.2) is 4.39 Å². The Morgan fingerprint density at radius 3 is 2.81 bits per heavy atom. The molecule has 0 bridgehead atoms. The maximum Gasteiger partial charge on any atom is 0.137 e. The summed E-state index contributed by atoms with van der Waals surface area (Å²) >= 11 is 1.66. The third-order valence-electron chi connectivity index (χ3n) is 4.54. The van der Waals surface area contributed by atoms with Gasteiger partial charge in [0.05, 0.1) is 0 Å². The van der Waals surface area contributed by atoms with Gasteiger partial charge in [0.2, 0.25) is 0 Å². The summed E-state index contributed by atoms with van der Waals surface area (Å²) in [6, 6.07) is 5.81. The molecule has 4 heteroatoms. The van der Waals surface area contributed by atoms with Crippen LogP contribution in [0.1, 0.15) is 43.7 Å². The SMILES string of the molecule is Fc1cccc2c1SCCC2NCCN1CCCCCC1. The first kappa shape index (κ1) is 15.3. The van der Waals surface area contributed by atoms with Crippen LogP contribution in [-0.4, -0.2) is 36.8 Å². The van der Waals surface area contributed by atoms with Gasteiger partial charge < -0.3 is 10.2 Å². The van der Waals surface area contributed by atoms with Crippen LogP contribution in [0.15, 0.2) is 23.1 Å². The van der Waals surface area contributed by atoms with Crippen molar-refractivity contribution in [1.29, 1.82) is 0 Å². The van der Waals surface area contributed by atoms with E-state index in [4.69, 9.17) is 0 Å². The summed E-state index contributed by atoms with van der Waals surface area (Å²) in [5, 5.41) is 3.65. The molecule has 0 spiro atoms. The fraction of sp³-hybridized carbons (Fsp3) is 0.647. The smallest absolute Gasteiger partial charge is 0.137 e. The first-order valence-corrected chi connectivity index (χ1v) is 9.20. The lowest BCUT2D eigenvalue weighted by molar-refractivity contribution is 0.278. The Kier molecular flexibility index (Phi) is 5.55. The number of thioether (sulfide) groups is 1. The van der Waals surface area contributed by atoms with Gasteiger partial charge in [0.1, 0.15) is 5.82 Å². The largest absolute Gasteiger partial charge is 0.309 e. The molecule has 2 aliphatic heterocycles. The average Bonchev–Trinajstić information content (AvgIpc) is 2.77. The molecular weight excluding hydrogens is 283 g/mol. The maximum atomic E-state index is 13.8. The molecule has 1 aromatic carbocycles. The van der Waals surface area contributed by atoms with E-state index >= 15 is 0 Å². The monoisotopic (exact) mass is 308 g/mol. The van der Waals surface area contributed by atoms with Crippen LogP contribution in [-0.2, 0) is 0 Å². The first-order chi connectivity index (χ1) is 10.3. The molecule has 0 aliphatic carbocycles. The van der Waals surface area contributed by atoms with Crippen molar-refractivity contribution < 1.29 is 4.39 Å². The van der Waals surface area contributed by atoms with E-state index in [0.29, 0.717) is 6.04 Å². The average molecular weight is 308 g/mol. The zero-order valence-electron chi connectivity index (χ0n) is 12.6. The fourth-order valence-corrected chi connectivity index (χ4v) is 4.50. The zero-order chi connectivity index (χ0) is 14.5. The molecule has 0 amide bonds. The third kappa shape index (κ3) is 3.99. The van der Waals surface area contributed by atoms with Crippen molar-refractivity contribution >= 4 is 11.8 Å². The normalized spacial score (nSPS) is 23.6. The van der Waals surface area contributed by atoms with Crippen LogP contribution in [0.4, 0.5) is 4.39 Å². The number of rotatable bonds is 4. The molecule has 21 heavy (non-hydrogen) atoms. The summed E-state index contributed by atoms with van der Waals surface area (Å²) in [5.74, 6) is 0.950. The first-order valence-electron chi connectivity index (χ1n) is 8.21. The molecule has 2 nitrogen and oxygen atoms in total. The Balaban J connectivity index is 1.53. The van der Waals surface area contributed by atoms with Crippen LogP contribution in [0.3, 0.4) is 0 Å². The molecular formula is C17H25FN2S. The zero-order valence-corrected chi connectivity index (χ0v) is 13.4. The van der Waals surface area contributed by atoms with Crippen molar-refractivity contribution in [3.63, 3.8) is 0 Å². The van der Waals surface area contributed by atoms with Crippen molar-refractivity contribution in [2.45, 2.75) is 43.0 Å². The second-order valence-electron chi connectivity index (χ2n) is 6.06. The minimum atomic E-state index is -0.0588. The van der Waals surface area contributed by atoms with Gasteiger partial charge in [0, 0.05) is 24.0 Å². The van der Waals surface area contributed by atoms with Gasteiger partial charge >= 0.3 is 0 Å². The van der Waals surface area contributed by atoms with Crippen LogP contribution in [0, 0.1) is 5.82 Å². The Hall–Kier alpha value is -0.580. The van der Waals surface area contributed by atoms with Crippen LogP contribution < -0.4 is 5.32 Å². The highest BCUT2D eigenvalue weighted by atomic mass is 32.2. The van der Waals surface area contributed by atoms with Crippen LogP contribution >= 0.6 is 11.8 Å². The Bertz CT molecular complexity index is 458. The quantitative estimate of drug-likeness (QED) is 0.910. The summed E-state index contributed by atoms with van der Waals surface area (Å²) in [6.45, 7) is 4.61. The Morgan fingerprint density at radius 1 is 1.19 bits per heavy atom. The third-order valence-corrected chi connectivity index (χ3v) is 5.70. The van der Waals surface area contributed by atoms with Crippen LogP contribution in [0.5, 0.6) is 0 Å². The van der Waals surface area contributed by atoms with E-state index in [1.54, 1.807) is 17.8 Å². The number of nitrogens with zero attached hydrogens (tertiary/aromatic N) is 1. The standard InChI is InChI=1S/C17H25FN2S/c18-15-7-5-6-14-16(8-13-21-17(14)15)19-9-12-20-10-3-1-2-4-11-20/h5-7,16,19H,1-4,8-13H2. The van der Waals surface area contributed by atoms with E-state index in [1.165, 1.54) is 38.8 Å². The van der Waals surface area contributed by atoms with Gasteiger partial charge in [-0.3, -0.25) is 0 Å². The lowest BCUT2D eigenvalue weighted by Gasteiger charge is -2.28. The minimum Gasteiger partial charge on any atom is -0.309 e. The number of hydrogen-bond acceptors (Lipinski definition) is 3. The van der Waals surface area contributed by atoms with Gasteiger partial charge in [-0.05, 0) is 49.7 Å². The number of likely N-dealkylation sites (tertiary alicyclic amines) is 1. The number of benzene rings is 1. The predicted octanol–water partition coefficient (Wildman–Crippen LogP) is 3.83. The lowest BCUT2D eigenvalue weighted by atomic mass is 10.0. The van der Waals surface area contributed by atoms with E-state index in [1.807, 2.05) is 6.07 Å². The van der Waals surface area contributed by atoms with Gasteiger partial charge in [-0.15, -0.1) is 11.8 Å². The molecule has 1 unspecified atom stereocenters. The van der Waals surface area contributed by atoms with Crippen molar-refractivity contribution in [1.82, 2.24) is 10.2 Å². The lowest BCUT2D eigenvalue weighted by Crippen LogP contribution is -2.35. The van der Waals surface area contributed by atoms with E-state index < -0.39 is 0 Å². The van der Waals surface area contributed by atoms with Crippen LogP contribution in [0.2, 0.25) is 0 Å². The highest BCUT2D eigenvalue weighted by Gasteiger charge is 2.22. The minimum absolute atomic E-state index is 0.0588. The van der Waals surface area contributed by atoms with E-state index in [0.717, 1.165) is 35.7 Å². The maximum absolute atomic E-state index is 13.8. The second-order valence-corrected chi connectivity index (χ2v) is 7.16. The Labute approximate surface area is 131 Å². The molecule has 116 valence electrons. The van der Waals surface area contributed by atoms with Crippen molar-refractivity contribution in [2.24, 2.45) is 0 Å². The van der Waals surface area contributed by atoms with Gasteiger partial charge in [0.15, 0.2) is 0 Å². The van der Waals surface area contributed by atoms with E-state index in [-0.39, 0.29) is 5.82 Å². The summed E-state index contributed by atoms with van der Waals surface area (Å²) in [6.07, 6.45) is 6.55. The molecule has 0 aromatic heterocycles. The molecule has 3 rings (SSSR count). The predicted molar refractivity (Wildman–Crippen MR) is 87.4 cm³/mol. The summed E-state index contributed by atoms with van der Waals surface area (Å²) in [7, 11) is 0. The van der Waals surface area contributed by atoms with Gasteiger partial charge in [0.25, 0.3) is 0 Å². The van der Waals surface area contributed by atoms with Crippen molar-refractivity contribution in [2.75, 3.05) is 31.9 Å². The summed E-state index contributed by atoms with van der Waals surface area (Å²) < 4.78 is 13.8. The number of fused-ring (bicyclic) bond motifs is 1. The molecule has 0 radical (unpaired) electrons. The molecule has 2 heterocycles. The topological polar surface area (TPSA) is 15.3 Å². The van der Waals surface area contributed by atoms with Crippen LogP contribution in [0.25, 0.3) is 0 Å². The summed E-state index contributed by atoms with van der Waals surface area (Å²) in [5.41, 5.74) is 1.15. The van der Waals surface area contributed by atoms with Crippen molar-refractivity contribution in [3.8, 4) is 0 Å². The number of hydrogen-bond donors (Lipinski definition) is 1. The van der Waals surface area contributed by atoms with Gasteiger partial charge in [-0.1, -0.05) is 25.0 Å².